The molecule has 5 heteroatoms. The molecule has 0 amide bonds. The molecule has 1 aliphatic heterocycles. The van der Waals surface area contributed by atoms with Gasteiger partial charge >= 0.3 is 0 Å². The van der Waals surface area contributed by atoms with Gasteiger partial charge in [-0.05, 0) is 23.8 Å². The highest BCUT2D eigenvalue weighted by atomic mass is 32.2. The van der Waals surface area contributed by atoms with Crippen LogP contribution in [0.5, 0.6) is 0 Å². The Morgan fingerprint density at radius 1 is 1.47 bits per heavy atom. The van der Waals surface area contributed by atoms with Crippen LogP contribution in [0.1, 0.15) is 11.3 Å². The van der Waals surface area contributed by atoms with Crippen molar-refractivity contribution in [2.45, 2.75) is 13.0 Å². The van der Waals surface area contributed by atoms with Crippen LogP contribution in [-0.2, 0) is 13.0 Å². The predicted octanol–water partition coefficient (Wildman–Crippen LogP) is 1.57. The topological polar surface area (TPSA) is 62.4 Å². The van der Waals surface area contributed by atoms with Crippen molar-refractivity contribution in [2.24, 2.45) is 5.73 Å². The van der Waals surface area contributed by atoms with Gasteiger partial charge in [-0.2, -0.15) is 11.8 Å². The van der Waals surface area contributed by atoms with Crippen LogP contribution in [-0.4, -0.2) is 46.1 Å². The summed E-state index contributed by atoms with van der Waals surface area (Å²) in [7, 11) is 0. The van der Waals surface area contributed by atoms with Crippen LogP contribution in [0.4, 0.5) is 0 Å². The summed E-state index contributed by atoms with van der Waals surface area (Å²) in [6.45, 7) is 3.50. The first kappa shape index (κ1) is 14.4. The van der Waals surface area contributed by atoms with Gasteiger partial charge in [0.15, 0.2) is 0 Å². The molecule has 0 aromatic carbocycles. The standard InChI is InChI=1S/C14H21N3OS/c15-10-14(18)2-1-13-9-12(3-4-16-13)11-17-5-7-19-8-6-17/h2-4,9,18H,1,5-8,10-11,15H2/b14-2+. The molecule has 1 aliphatic rings. The SMILES string of the molecule is NC/C(O)=C\Cc1cc(CN2CCSCC2)ccn1. The predicted molar refractivity (Wildman–Crippen MR) is 80.3 cm³/mol. The Morgan fingerprint density at radius 3 is 3.00 bits per heavy atom. The minimum absolute atomic E-state index is 0.186. The van der Waals surface area contributed by atoms with E-state index >= 15 is 0 Å². The van der Waals surface area contributed by atoms with Crippen molar-refractivity contribution < 1.29 is 5.11 Å². The largest absolute Gasteiger partial charge is 0.511 e. The molecule has 0 aliphatic carbocycles. The lowest BCUT2D eigenvalue weighted by Gasteiger charge is -2.26. The summed E-state index contributed by atoms with van der Waals surface area (Å²) in [6.07, 6.45) is 4.20. The molecule has 0 saturated carbocycles. The van der Waals surface area contributed by atoms with Gasteiger partial charge in [0.1, 0.15) is 5.76 Å². The number of allylic oxidation sites excluding steroid dienone is 1. The highest BCUT2D eigenvalue weighted by Gasteiger charge is 2.10. The number of rotatable bonds is 5. The molecule has 19 heavy (non-hydrogen) atoms. The quantitative estimate of drug-likeness (QED) is 0.801. The van der Waals surface area contributed by atoms with Crippen molar-refractivity contribution in [3.63, 3.8) is 0 Å². The maximum atomic E-state index is 9.35. The second kappa shape index (κ2) is 7.53. The molecule has 104 valence electrons. The molecule has 0 radical (unpaired) electrons. The van der Waals surface area contributed by atoms with Gasteiger partial charge in [0.05, 0.1) is 6.54 Å². The number of aliphatic hydroxyl groups excluding tert-OH is 1. The first-order valence-electron chi connectivity index (χ1n) is 6.60. The highest BCUT2D eigenvalue weighted by Crippen LogP contribution is 2.13. The molecule has 2 rings (SSSR count). The monoisotopic (exact) mass is 279 g/mol. The van der Waals surface area contributed by atoms with Crippen LogP contribution in [0.25, 0.3) is 0 Å². The van der Waals surface area contributed by atoms with E-state index in [-0.39, 0.29) is 12.3 Å². The van der Waals surface area contributed by atoms with Crippen molar-refractivity contribution in [3.05, 3.63) is 41.4 Å². The fourth-order valence-electron chi connectivity index (χ4n) is 2.06. The van der Waals surface area contributed by atoms with E-state index in [1.54, 1.807) is 6.08 Å². The molecule has 0 unspecified atom stereocenters. The van der Waals surface area contributed by atoms with Gasteiger partial charge in [0.25, 0.3) is 0 Å². The average Bonchev–Trinajstić information content (AvgIpc) is 2.46. The van der Waals surface area contributed by atoms with Crippen molar-refractivity contribution in [1.29, 1.82) is 0 Å². The minimum atomic E-state index is 0.186. The maximum absolute atomic E-state index is 9.35. The molecule has 0 spiro atoms. The Labute approximate surface area is 118 Å². The maximum Gasteiger partial charge on any atom is 0.102 e. The number of pyridine rings is 1. The summed E-state index contributed by atoms with van der Waals surface area (Å²) in [4.78, 5) is 6.79. The Balaban J connectivity index is 1.94. The van der Waals surface area contributed by atoms with Crippen LogP contribution >= 0.6 is 11.8 Å². The third-order valence-electron chi connectivity index (χ3n) is 3.15. The fourth-order valence-corrected chi connectivity index (χ4v) is 3.04. The Bertz CT molecular complexity index is 430. The zero-order chi connectivity index (χ0) is 13.5. The molecule has 0 bridgehead atoms. The minimum Gasteiger partial charge on any atom is -0.511 e. The number of nitrogens with zero attached hydrogens (tertiary/aromatic N) is 2. The first-order chi connectivity index (χ1) is 9.28. The van der Waals surface area contributed by atoms with E-state index in [1.807, 2.05) is 18.0 Å². The number of nitrogens with two attached hydrogens (primary N) is 1. The second-order valence-corrected chi connectivity index (χ2v) is 5.87. The highest BCUT2D eigenvalue weighted by molar-refractivity contribution is 7.99. The van der Waals surface area contributed by atoms with Gasteiger partial charge < -0.3 is 10.8 Å². The van der Waals surface area contributed by atoms with Gasteiger partial charge in [-0.25, -0.2) is 0 Å². The van der Waals surface area contributed by atoms with Crippen LogP contribution in [0.15, 0.2) is 30.2 Å². The number of hydrogen-bond donors (Lipinski definition) is 2. The van der Waals surface area contributed by atoms with Crippen LogP contribution in [0, 0.1) is 0 Å². The fraction of sp³-hybridized carbons (Fsp3) is 0.500. The van der Waals surface area contributed by atoms with Crippen LogP contribution < -0.4 is 5.73 Å². The summed E-state index contributed by atoms with van der Waals surface area (Å²) < 4.78 is 0. The van der Waals surface area contributed by atoms with Gasteiger partial charge in [-0.1, -0.05) is 0 Å². The molecule has 3 N–H and O–H groups in total. The van der Waals surface area contributed by atoms with E-state index < -0.39 is 0 Å². The summed E-state index contributed by atoms with van der Waals surface area (Å²) in [6, 6.07) is 4.18. The zero-order valence-corrected chi connectivity index (χ0v) is 11.9. The normalized spacial score (nSPS) is 17.6. The Morgan fingerprint density at radius 2 is 2.26 bits per heavy atom. The van der Waals surface area contributed by atoms with Crippen molar-refractivity contribution in [3.8, 4) is 0 Å². The number of aromatic nitrogens is 1. The van der Waals surface area contributed by atoms with Crippen LogP contribution in [0.3, 0.4) is 0 Å². The van der Waals surface area contributed by atoms with E-state index in [9.17, 15) is 5.11 Å². The molecule has 1 aromatic rings. The summed E-state index contributed by atoms with van der Waals surface area (Å²) in [5.74, 6) is 2.68. The van der Waals surface area contributed by atoms with Crippen LogP contribution in [0.2, 0.25) is 0 Å². The van der Waals surface area contributed by atoms with E-state index in [0.29, 0.717) is 6.42 Å². The van der Waals surface area contributed by atoms with E-state index in [2.05, 4.69) is 22.0 Å². The van der Waals surface area contributed by atoms with Crippen molar-refractivity contribution >= 4 is 11.8 Å². The van der Waals surface area contributed by atoms with E-state index in [0.717, 1.165) is 25.3 Å². The molecule has 1 saturated heterocycles. The molecule has 0 atom stereocenters. The molecule has 1 fully saturated rings. The van der Waals surface area contributed by atoms with E-state index in [4.69, 9.17) is 5.73 Å². The third kappa shape index (κ3) is 4.86. The van der Waals surface area contributed by atoms with Crippen molar-refractivity contribution in [2.75, 3.05) is 31.1 Å². The lowest BCUT2D eigenvalue weighted by atomic mass is 10.1. The number of hydrogen-bond acceptors (Lipinski definition) is 5. The Hall–Kier alpha value is -1.04. The summed E-state index contributed by atoms with van der Waals surface area (Å²) in [5.41, 5.74) is 7.61. The first-order valence-corrected chi connectivity index (χ1v) is 7.75. The van der Waals surface area contributed by atoms with Gasteiger partial charge in [0.2, 0.25) is 0 Å². The molecular formula is C14H21N3OS. The third-order valence-corrected chi connectivity index (χ3v) is 4.09. The zero-order valence-electron chi connectivity index (χ0n) is 11.1. The lowest BCUT2D eigenvalue weighted by molar-refractivity contribution is 0.294. The van der Waals surface area contributed by atoms with Crippen molar-refractivity contribution in [1.82, 2.24) is 9.88 Å². The smallest absolute Gasteiger partial charge is 0.102 e. The summed E-state index contributed by atoms with van der Waals surface area (Å²) >= 11 is 2.02. The molecule has 2 heterocycles. The lowest BCUT2D eigenvalue weighted by Crippen LogP contribution is -2.31. The molecule has 4 nitrogen and oxygen atoms in total. The van der Waals surface area contributed by atoms with Gasteiger partial charge in [-0.15, -0.1) is 0 Å². The average molecular weight is 279 g/mol. The number of thioether (sulfide) groups is 1. The molecule has 1 aromatic heterocycles. The van der Waals surface area contributed by atoms with Gasteiger partial charge in [0, 0.05) is 49.5 Å². The van der Waals surface area contributed by atoms with E-state index in [1.165, 1.54) is 17.1 Å². The Kier molecular flexibility index (Phi) is 5.69. The number of aliphatic hydroxyl groups is 1. The molecular weight excluding hydrogens is 258 g/mol. The summed E-state index contributed by atoms with van der Waals surface area (Å²) in [5, 5.41) is 9.35. The van der Waals surface area contributed by atoms with Gasteiger partial charge in [-0.3, -0.25) is 9.88 Å². The second-order valence-electron chi connectivity index (χ2n) is 4.65.